The Morgan fingerprint density at radius 3 is 2.50 bits per heavy atom. The van der Waals surface area contributed by atoms with Gasteiger partial charge in [-0.05, 0) is 55.4 Å². The van der Waals surface area contributed by atoms with Crippen molar-refractivity contribution in [1.29, 1.82) is 0 Å². The molecule has 106 valence electrons. The van der Waals surface area contributed by atoms with E-state index in [-0.39, 0.29) is 5.78 Å². The van der Waals surface area contributed by atoms with E-state index >= 15 is 0 Å². The lowest BCUT2D eigenvalue weighted by Gasteiger charge is -2.15. The number of carbonyl (C=O) groups excluding carboxylic acids is 1. The number of hydrogen-bond acceptors (Lipinski definition) is 3. The van der Waals surface area contributed by atoms with E-state index < -0.39 is 0 Å². The Bertz CT molecular complexity index is 554. The molecule has 2 nitrogen and oxygen atoms in total. The highest BCUT2D eigenvalue weighted by Gasteiger charge is 2.09. The molecular weight excluding hydrogens is 266 g/mol. The van der Waals surface area contributed by atoms with Crippen LogP contribution in [0.5, 0.6) is 0 Å². The average Bonchev–Trinajstić information content (AvgIpc) is 2.87. The number of rotatable bonds is 6. The van der Waals surface area contributed by atoms with Crippen LogP contribution in [-0.2, 0) is 6.54 Å². The van der Waals surface area contributed by atoms with Crippen LogP contribution in [0, 0.1) is 13.8 Å². The number of carbonyl (C=O) groups is 1. The van der Waals surface area contributed by atoms with Crippen LogP contribution in [0.25, 0.3) is 0 Å². The molecule has 1 heterocycles. The van der Waals surface area contributed by atoms with E-state index in [0.717, 1.165) is 29.8 Å². The van der Waals surface area contributed by atoms with Crippen molar-refractivity contribution < 1.29 is 4.79 Å². The van der Waals surface area contributed by atoms with Gasteiger partial charge in [0, 0.05) is 25.1 Å². The Hall–Kier alpha value is -1.45. The molecule has 0 atom stereocenters. The Balaban J connectivity index is 1.88. The first-order valence-corrected chi connectivity index (χ1v) is 7.80. The molecule has 0 bridgehead atoms. The van der Waals surface area contributed by atoms with Crippen molar-refractivity contribution in [3.63, 3.8) is 0 Å². The zero-order valence-corrected chi connectivity index (χ0v) is 13.2. The lowest BCUT2D eigenvalue weighted by atomic mass is 10.0. The van der Waals surface area contributed by atoms with E-state index in [9.17, 15) is 4.79 Å². The Morgan fingerprint density at radius 1 is 1.20 bits per heavy atom. The molecule has 0 amide bonds. The normalized spacial score (nSPS) is 11.0. The van der Waals surface area contributed by atoms with Gasteiger partial charge in [0.1, 0.15) is 0 Å². The van der Waals surface area contributed by atoms with E-state index in [1.807, 2.05) is 26.0 Å². The summed E-state index contributed by atoms with van der Waals surface area (Å²) in [7, 11) is 2.06. The summed E-state index contributed by atoms with van der Waals surface area (Å²) in [6.07, 6.45) is 0.573. The molecule has 2 aromatic rings. The Kier molecular flexibility index (Phi) is 5.10. The van der Waals surface area contributed by atoms with Gasteiger partial charge in [0.05, 0.1) is 0 Å². The maximum absolute atomic E-state index is 12.2. The molecule has 3 heteroatoms. The van der Waals surface area contributed by atoms with Gasteiger partial charge >= 0.3 is 0 Å². The fourth-order valence-electron chi connectivity index (χ4n) is 2.35. The van der Waals surface area contributed by atoms with Crippen molar-refractivity contribution >= 4 is 17.1 Å². The molecule has 0 aliphatic heterocycles. The van der Waals surface area contributed by atoms with Crippen LogP contribution >= 0.6 is 11.3 Å². The van der Waals surface area contributed by atoms with E-state index in [0.29, 0.717) is 6.42 Å². The molecular formula is C17H21NOS. The van der Waals surface area contributed by atoms with E-state index in [1.165, 1.54) is 5.56 Å². The van der Waals surface area contributed by atoms with Crippen LogP contribution < -0.4 is 0 Å². The lowest BCUT2D eigenvalue weighted by Crippen LogP contribution is -2.21. The minimum Gasteiger partial charge on any atom is -0.302 e. The third-order valence-electron chi connectivity index (χ3n) is 3.30. The molecule has 1 aromatic carbocycles. The SMILES string of the molecule is Cc1cc(C)cc(C(=O)CCN(C)Cc2ccsc2)c1. The lowest BCUT2D eigenvalue weighted by molar-refractivity contribution is 0.0967. The fourth-order valence-corrected chi connectivity index (χ4v) is 3.01. The van der Waals surface area contributed by atoms with Crippen molar-refractivity contribution in [2.45, 2.75) is 26.8 Å². The summed E-state index contributed by atoms with van der Waals surface area (Å²) in [5, 5.41) is 4.24. The topological polar surface area (TPSA) is 20.3 Å². The van der Waals surface area contributed by atoms with E-state index in [1.54, 1.807) is 11.3 Å². The number of thiophene rings is 1. The van der Waals surface area contributed by atoms with Crippen molar-refractivity contribution in [1.82, 2.24) is 4.90 Å². The zero-order chi connectivity index (χ0) is 14.5. The van der Waals surface area contributed by atoms with Gasteiger partial charge in [-0.1, -0.05) is 17.2 Å². The summed E-state index contributed by atoms with van der Waals surface area (Å²) in [6, 6.07) is 8.19. The first-order chi connectivity index (χ1) is 9.54. The summed E-state index contributed by atoms with van der Waals surface area (Å²) >= 11 is 1.71. The van der Waals surface area contributed by atoms with Crippen molar-refractivity contribution in [3.05, 3.63) is 57.3 Å². The smallest absolute Gasteiger partial charge is 0.164 e. The number of benzene rings is 1. The minimum absolute atomic E-state index is 0.231. The number of aryl methyl sites for hydroxylation is 2. The maximum atomic E-state index is 12.2. The van der Waals surface area contributed by atoms with Crippen LogP contribution in [-0.4, -0.2) is 24.3 Å². The second-order valence-electron chi connectivity index (χ2n) is 5.42. The number of ketones is 1. The highest BCUT2D eigenvalue weighted by atomic mass is 32.1. The highest BCUT2D eigenvalue weighted by molar-refractivity contribution is 7.07. The van der Waals surface area contributed by atoms with Gasteiger partial charge in [0.25, 0.3) is 0 Å². The predicted molar refractivity (Wildman–Crippen MR) is 85.5 cm³/mol. The molecule has 2 rings (SSSR count). The summed E-state index contributed by atoms with van der Waals surface area (Å²) in [4.78, 5) is 14.4. The van der Waals surface area contributed by atoms with Gasteiger partial charge < -0.3 is 4.90 Å². The largest absolute Gasteiger partial charge is 0.302 e. The average molecular weight is 287 g/mol. The molecule has 0 radical (unpaired) electrons. The van der Waals surface area contributed by atoms with E-state index in [2.05, 4.69) is 34.8 Å². The summed E-state index contributed by atoms with van der Waals surface area (Å²) in [5.41, 5.74) is 4.46. The fraction of sp³-hybridized carbons (Fsp3) is 0.353. The maximum Gasteiger partial charge on any atom is 0.164 e. The molecule has 0 saturated carbocycles. The van der Waals surface area contributed by atoms with Gasteiger partial charge in [-0.25, -0.2) is 0 Å². The van der Waals surface area contributed by atoms with Crippen LogP contribution in [0.1, 0.15) is 33.5 Å². The van der Waals surface area contributed by atoms with E-state index in [4.69, 9.17) is 0 Å². The van der Waals surface area contributed by atoms with Gasteiger partial charge in [0.15, 0.2) is 5.78 Å². The van der Waals surface area contributed by atoms with Gasteiger partial charge in [-0.3, -0.25) is 4.79 Å². The van der Waals surface area contributed by atoms with Crippen LogP contribution in [0.3, 0.4) is 0 Å². The standard InChI is InChI=1S/C17H21NOS/c1-13-8-14(2)10-16(9-13)17(19)4-6-18(3)11-15-5-7-20-12-15/h5,7-10,12H,4,6,11H2,1-3H3. The molecule has 0 saturated heterocycles. The van der Waals surface area contributed by atoms with Crippen LogP contribution in [0.15, 0.2) is 35.0 Å². The summed E-state index contributed by atoms with van der Waals surface area (Å²) in [5.74, 6) is 0.231. The zero-order valence-electron chi connectivity index (χ0n) is 12.3. The van der Waals surface area contributed by atoms with Crippen molar-refractivity contribution in [2.75, 3.05) is 13.6 Å². The van der Waals surface area contributed by atoms with Gasteiger partial charge in [0.2, 0.25) is 0 Å². The molecule has 0 spiro atoms. The second-order valence-corrected chi connectivity index (χ2v) is 6.20. The Labute approximate surface area is 125 Å². The molecule has 0 fully saturated rings. The van der Waals surface area contributed by atoms with Crippen LogP contribution in [0.2, 0.25) is 0 Å². The molecule has 0 aliphatic rings. The van der Waals surface area contributed by atoms with Gasteiger partial charge in [-0.15, -0.1) is 0 Å². The van der Waals surface area contributed by atoms with Crippen molar-refractivity contribution in [2.24, 2.45) is 0 Å². The van der Waals surface area contributed by atoms with Crippen molar-refractivity contribution in [3.8, 4) is 0 Å². The van der Waals surface area contributed by atoms with Gasteiger partial charge in [-0.2, -0.15) is 11.3 Å². The summed E-state index contributed by atoms with van der Waals surface area (Å²) in [6.45, 7) is 5.77. The monoisotopic (exact) mass is 287 g/mol. The predicted octanol–water partition coefficient (Wildman–Crippen LogP) is 4.07. The third-order valence-corrected chi connectivity index (χ3v) is 4.03. The third kappa shape index (κ3) is 4.29. The first kappa shape index (κ1) is 14.9. The Morgan fingerprint density at radius 2 is 1.90 bits per heavy atom. The molecule has 1 aromatic heterocycles. The molecule has 0 N–H and O–H groups in total. The molecule has 20 heavy (non-hydrogen) atoms. The van der Waals surface area contributed by atoms with Crippen LogP contribution in [0.4, 0.5) is 0 Å². The number of Topliss-reactive ketones (excluding diaryl/α,β-unsaturated/α-hetero) is 1. The summed E-state index contributed by atoms with van der Waals surface area (Å²) < 4.78 is 0. The quantitative estimate of drug-likeness (QED) is 0.746. The molecule has 0 aliphatic carbocycles. The first-order valence-electron chi connectivity index (χ1n) is 6.86. The number of nitrogens with zero attached hydrogens (tertiary/aromatic N) is 1. The minimum atomic E-state index is 0.231. The number of hydrogen-bond donors (Lipinski definition) is 0. The highest BCUT2D eigenvalue weighted by Crippen LogP contribution is 2.12. The second kappa shape index (κ2) is 6.82. The molecule has 0 unspecified atom stereocenters.